The van der Waals surface area contributed by atoms with Gasteiger partial charge in [-0.05, 0) is 35.7 Å². The Morgan fingerprint density at radius 3 is 2.89 bits per heavy atom. The highest BCUT2D eigenvalue weighted by molar-refractivity contribution is 5.22. The Balaban J connectivity index is 1.90. The molecule has 0 aliphatic rings. The summed E-state index contributed by atoms with van der Waals surface area (Å²) in [6.07, 6.45) is 5.47. The molecule has 2 aromatic heterocycles. The maximum Gasteiger partial charge on any atom is 0.213 e. The predicted octanol–water partition coefficient (Wildman–Crippen LogP) is 2.08. The minimum absolute atomic E-state index is 0.645. The molecule has 1 N–H and O–H groups in total. The van der Waals surface area contributed by atoms with Crippen molar-refractivity contribution in [1.82, 2.24) is 15.3 Å². The van der Waals surface area contributed by atoms with Gasteiger partial charge in [-0.1, -0.05) is 0 Å². The summed E-state index contributed by atoms with van der Waals surface area (Å²) in [5.74, 6) is 0.645. The fourth-order valence-electron chi connectivity index (χ4n) is 1.70. The molecular formula is C14H17N3O. The Morgan fingerprint density at radius 1 is 1.22 bits per heavy atom. The summed E-state index contributed by atoms with van der Waals surface area (Å²) in [7, 11) is 1.62. The quantitative estimate of drug-likeness (QED) is 0.873. The van der Waals surface area contributed by atoms with E-state index >= 15 is 0 Å². The third-order valence-electron chi connectivity index (χ3n) is 2.80. The number of methoxy groups -OCH3 is 1. The van der Waals surface area contributed by atoms with Crippen molar-refractivity contribution in [3.05, 3.63) is 53.5 Å². The van der Waals surface area contributed by atoms with Gasteiger partial charge in [0.2, 0.25) is 5.88 Å². The zero-order chi connectivity index (χ0) is 12.8. The van der Waals surface area contributed by atoms with Gasteiger partial charge in [0.15, 0.2) is 0 Å². The minimum Gasteiger partial charge on any atom is -0.481 e. The summed E-state index contributed by atoms with van der Waals surface area (Å²) >= 11 is 0. The molecule has 0 aromatic carbocycles. The van der Waals surface area contributed by atoms with E-state index in [0.29, 0.717) is 5.88 Å². The molecule has 0 atom stereocenters. The van der Waals surface area contributed by atoms with Gasteiger partial charge in [-0.3, -0.25) is 4.98 Å². The lowest BCUT2D eigenvalue weighted by molar-refractivity contribution is 0.397. The highest BCUT2D eigenvalue weighted by Gasteiger charge is 1.99. The molecule has 4 nitrogen and oxygen atoms in total. The van der Waals surface area contributed by atoms with Gasteiger partial charge in [0.05, 0.1) is 7.11 Å². The number of nitrogens with zero attached hydrogens (tertiary/aromatic N) is 2. The zero-order valence-corrected chi connectivity index (χ0v) is 10.7. The molecule has 0 radical (unpaired) electrons. The molecule has 0 aliphatic heterocycles. The van der Waals surface area contributed by atoms with Crippen LogP contribution in [0.2, 0.25) is 0 Å². The Bertz CT molecular complexity index is 514. The molecule has 0 bridgehead atoms. The number of rotatable bonds is 5. The van der Waals surface area contributed by atoms with Crippen LogP contribution in [0.4, 0.5) is 0 Å². The monoisotopic (exact) mass is 243 g/mol. The lowest BCUT2D eigenvalue weighted by atomic mass is 10.1. The molecular weight excluding hydrogens is 226 g/mol. The van der Waals surface area contributed by atoms with Crippen molar-refractivity contribution >= 4 is 0 Å². The van der Waals surface area contributed by atoms with Gasteiger partial charge < -0.3 is 10.1 Å². The van der Waals surface area contributed by atoms with Crippen LogP contribution in [0.15, 0.2) is 36.8 Å². The predicted molar refractivity (Wildman–Crippen MR) is 70.3 cm³/mol. The number of nitrogens with one attached hydrogen (secondary N) is 1. The van der Waals surface area contributed by atoms with E-state index in [2.05, 4.69) is 22.2 Å². The van der Waals surface area contributed by atoms with Crippen LogP contribution in [0.3, 0.4) is 0 Å². The van der Waals surface area contributed by atoms with Crippen molar-refractivity contribution in [3.8, 4) is 5.88 Å². The summed E-state index contributed by atoms with van der Waals surface area (Å²) in [5, 5.41) is 3.39. The van der Waals surface area contributed by atoms with E-state index in [0.717, 1.165) is 18.7 Å². The Hall–Kier alpha value is -1.94. The van der Waals surface area contributed by atoms with Gasteiger partial charge >= 0.3 is 0 Å². The second-order valence-corrected chi connectivity index (χ2v) is 4.11. The first kappa shape index (κ1) is 12.5. The first-order valence-corrected chi connectivity index (χ1v) is 5.88. The molecule has 4 heteroatoms. The minimum atomic E-state index is 0.645. The van der Waals surface area contributed by atoms with E-state index in [1.165, 1.54) is 11.1 Å². The van der Waals surface area contributed by atoms with Crippen LogP contribution < -0.4 is 10.1 Å². The number of aromatic nitrogens is 2. The van der Waals surface area contributed by atoms with E-state index in [9.17, 15) is 0 Å². The van der Waals surface area contributed by atoms with Crippen molar-refractivity contribution in [2.24, 2.45) is 0 Å². The fraction of sp³-hybridized carbons (Fsp3) is 0.286. The van der Waals surface area contributed by atoms with Gasteiger partial charge in [0.25, 0.3) is 0 Å². The first-order chi connectivity index (χ1) is 8.79. The van der Waals surface area contributed by atoms with Crippen LogP contribution >= 0.6 is 0 Å². The van der Waals surface area contributed by atoms with E-state index in [-0.39, 0.29) is 0 Å². The van der Waals surface area contributed by atoms with Gasteiger partial charge in [-0.2, -0.15) is 0 Å². The summed E-state index contributed by atoms with van der Waals surface area (Å²) in [6, 6.07) is 5.93. The smallest absolute Gasteiger partial charge is 0.213 e. The third kappa shape index (κ3) is 3.28. The largest absolute Gasteiger partial charge is 0.481 e. The molecule has 0 fully saturated rings. The van der Waals surface area contributed by atoms with Gasteiger partial charge in [0, 0.05) is 37.7 Å². The van der Waals surface area contributed by atoms with Gasteiger partial charge in [-0.25, -0.2) is 4.98 Å². The Kier molecular flexibility index (Phi) is 4.25. The molecule has 0 aliphatic carbocycles. The summed E-state index contributed by atoms with van der Waals surface area (Å²) in [6.45, 7) is 3.69. The maximum atomic E-state index is 5.09. The van der Waals surface area contributed by atoms with Crippen molar-refractivity contribution in [1.29, 1.82) is 0 Å². The van der Waals surface area contributed by atoms with Crippen molar-refractivity contribution < 1.29 is 4.74 Å². The van der Waals surface area contributed by atoms with Gasteiger partial charge in [0.1, 0.15) is 0 Å². The number of pyridine rings is 2. The second-order valence-electron chi connectivity index (χ2n) is 4.11. The van der Waals surface area contributed by atoms with Crippen molar-refractivity contribution in [3.63, 3.8) is 0 Å². The third-order valence-corrected chi connectivity index (χ3v) is 2.80. The average Bonchev–Trinajstić information content (AvgIpc) is 2.41. The van der Waals surface area contributed by atoms with Gasteiger partial charge in [-0.15, -0.1) is 0 Å². The summed E-state index contributed by atoms with van der Waals surface area (Å²) in [5.41, 5.74) is 3.63. The normalized spacial score (nSPS) is 10.3. The number of ether oxygens (including phenoxy) is 1. The van der Waals surface area contributed by atoms with Crippen LogP contribution in [-0.4, -0.2) is 17.1 Å². The van der Waals surface area contributed by atoms with E-state index in [4.69, 9.17) is 4.74 Å². The SMILES string of the molecule is COc1cc(CNCc2cnccc2C)ccn1. The topological polar surface area (TPSA) is 47.0 Å². The molecule has 0 saturated heterocycles. The molecule has 0 saturated carbocycles. The standard InChI is InChI=1S/C14H17N3O/c1-11-3-5-15-9-13(11)10-16-8-12-4-6-17-14(7-12)18-2/h3-7,9,16H,8,10H2,1-2H3. The van der Waals surface area contributed by atoms with Crippen LogP contribution in [-0.2, 0) is 13.1 Å². The molecule has 0 unspecified atom stereocenters. The number of hydrogen-bond donors (Lipinski definition) is 1. The molecule has 2 heterocycles. The molecule has 2 aromatic rings. The van der Waals surface area contributed by atoms with E-state index in [1.54, 1.807) is 13.3 Å². The van der Waals surface area contributed by atoms with Crippen LogP contribution in [0, 0.1) is 6.92 Å². The lowest BCUT2D eigenvalue weighted by Gasteiger charge is -2.07. The zero-order valence-electron chi connectivity index (χ0n) is 10.7. The van der Waals surface area contributed by atoms with Crippen LogP contribution in [0.25, 0.3) is 0 Å². The number of aryl methyl sites for hydroxylation is 1. The fourth-order valence-corrected chi connectivity index (χ4v) is 1.70. The Labute approximate surface area is 107 Å². The molecule has 0 amide bonds. The second kappa shape index (κ2) is 6.12. The highest BCUT2D eigenvalue weighted by atomic mass is 16.5. The maximum absolute atomic E-state index is 5.09. The van der Waals surface area contributed by atoms with E-state index < -0.39 is 0 Å². The summed E-state index contributed by atoms with van der Waals surface area (Å²) in [4.78, 5) is 8.21. The molecule has 18 heavy (non-hydrogen) atoms. The number of hydrogen-bond acceptors (Lipinski definition) is 4. The average molecular weight is 243 g/mol. The van der Waals surface area contributed by atoms with E-state index in [1.807, 2.05) is 30.6 Å². The Morgan fingerprint density at radius 2 is 2.11 bits per heavy atom. The van der Waals surface area contributed by atoms with Crippen molar-refractivity contribution in [2.45, 2.75) is 20.0 Å². The van der Waals surface area contributed by atoms with Crippen molar-refractivity contribution in [2.75, 3.05) is 7.11 Å². The molecule has 94 valence electrons. The lowest BCUT2D eigenvalue weighted by Crippen LogP contribution is -2.13. The first-order valence-electron chi connectivity index (χ1n) is 5.88. The summed E-state index contributed by atoms with van der Waals surface area (Å²) < 4.78 is 5.09. The molecule has 0 spiro atoms. The molecule has 2 rings (SSSR count). The van der Waals surface area contributed by atoms with Crippen LogP contribution in [0.5, 0.6) is 5.88 Å². The van der Waals surface area contributed by atoms with Crippen LogP contribution in [0.1, 0.15) is 16.7 Å². The highest BCUT2D eigenvalue weighted by Crippen LogP contribution is 2.09.